The molecule has 2 N–H and O–H groups in total. The van der Waals surface area contributed by atoms with Crippen LogP contribution < -0.4 is 10.9 Å². The number of carbonyl (C=O) groups is 1. The maximum Gasteiger partial charge on any atom is 0.272 e. The summed E-state index contributed by atoms with van der Waals surface area (Å²) in [7, 11) is 0. The van der Waals surface area contributed by atoms with Gasteiger partial charge in [-0.2, -0.15) is 0 Å². The lowest BCUT2D eigenvalue weighted by molar-refractivity contribution is 0.102. The van der Waals surface area contributed by atoms with E-state index in [-0.39, 0.29) is 15.0 Å². The molecule has 0 radical (unpaired) electrons. The fourth-order valence-electron chi connectivity index (χ4n) is 2.16. The van der Waals surface area contributed by atoms with Gasteiger partial charge in [-0.1, -0.05) is 18.2 Å². The minimum atomic E-state index is -0.770. The van der Waals surface area contributed by atoms with Gasteiger partial charge in [-0.05, 0) is 52.2 Å². The third-order valence-electron chi connectivity index (χ3n) is 3.24. The average Bonchev–Trinajstić information content (AvgIpc) is 2.52. The summed E-state index contributed by atoms with van der Waals surface area (Å²) in [6, 6.07) is 10.3. The van der Waals surface area contributed by atoms with Gasteiger partial charge >= 0.3 is 0 Å². The average molecular weight is 426 g/mol. The number of fused-ring (bicyclic) bond motifs is 1. The number of carbonyl (C=O) groups excluding carboxylic acids is 1. The van der Waals surface area contributed by atoms with Crippen LogP contribution in [0.5, 0.6) is 0 Å². The second kappa shape index (κ2) is 6.07. The lowest BCUT2D eigenvalue weighted by Crippen LogP contribution is -2.19. The number of amides is 1. The summed E-state index contributed by atoms with van der Waals surface area (Å²) in [5.74, 6) is -2.20. The van der Waals surface area contributed by atoms with Crippen molar-refractivity contribution in [3.63, 3.8) is 0 Å². The Morgan fingerprint density at radius 2 is 1.74 bits per heavy atom. The van der Waals surface area contributed by atoms with Crippen LogP contribution in [0, 0.1) is 15.2 Å². The van der Waals surface area contributed by atoms with E-state index in [2.05, 4.69) is 10.3 Å². The van der Waals surface area contributed by atoms with E-state index in [1.807, 2.05) is 0 Å². The van der Waals surface area contributed by atoms with Crippen LogP contribution in [0.25, 0.3) is 10.8 Å². The van der Waals surface area contributed by atoms with Crippen LogP contribution in [0.2, 0.25) is 0 Å². The summed E-state index contributed by atoms with van der Waals surface area (Å²) >= 11 is 1.53. The molecule has 0 unspecified atom stereocenters. The maximum absolute atomic E-state index is 13.5. The number of aromatic nitrogens is 1. The van der Waals surface area contributed by atoms with Crippen LogP contribution >= 0.6 is 22.6 Å². The SMILES string of the molecule is O=C(Nc1cc(F)c(I)c(F)c1)c1cc2ccccc2c(=O)[nH]1. The maximum atomic E-state index is 13.5. The van der Waals surface area contributed by atoms with Gasteiger partial charge in [0.05, 0.1) is 3.57 Å². The molecule has 0 atom stereocenters. The Morgan fingerprint density at radius 3 is 2.43 bits per heavy atom. The highest BCUT2D eigenvalue weighted by atomic mass is 127. The summed E-state index contributed by atoms with van der Waals surface area (Å²) in [5.41, 5.74) is -0.430. The highest BCUT2D eigenvalue weighted by molar-refractivity contribution is 14.1. The van der Waals surface area contributed by atoms with E-state index in [0.717, 1.165) is 12.1 Å². The molecule has 0 saturated heterocycles. The van der Waals surface area contributed by atoms with E-state index in [1.54, 1.807) is 24.3 Å². The molecular weight excluding hydrogens is 417 g/mol. The first-order chi connectivity index (χ1) is 11.0. The van der Waals surface area contributed by atoms with Gasteiger partial charge in [-0.15, -0.1) is 0 Å². The fourth-order valence-corrected chi connectivity index (χ4v) is 2.47. The predicted octanol–water partition coefficient (Wildman–Crippen LogP) is 3.66. The molecule has 0 aliphatic heterocycles. The number of hydrogen-bond donors (Lipinski definition) is 2. The van der Waals surface area contributed by atoms with Crippen molar-refractivity contribution in [3.05, 3.63) is 73.7 Å². The van der Waals surface area contributed by atoms with Crippen LogP contribution in [0.15, 0.2) is 47.3 Å². The highest BCUT2D eigenvalue weighted by Crippen LogP contribution is 2.21. The quantitative estimate of drug-likeness (QED) is 0.486. The van der Waals surface area contributed by atoms with E-state index in [9.17, 15) is 18.4 Å². The molecule has 7 heteroatoms. The Labute approximate surface area is 142 Å². The zero-order valence-electron chi connectivity index (χ0n) is 11.5. The Balaban J connectivity index is 1.96. The third-order valence-corrected chi connectivity index (χ3v) is 4.27. The second-order valence-electron chi connectivity index (χ2n) is 4.81. The molecule has 0 saturated carbocycles. The van der Waals surface area contributed by atoms with Gasteiger partial charge in [0.2, 0.25) is 0 Å². The molecule has 1 amide bonds. The Bertz CT molecular complexity index is 962. The number of halogens is 3. The van der Waals surface area contributed by atoms with Crippen LogP contribution in [0.1, 0.15) is 10.5 Å². The van der Waals surface area contributed by atoms with Gasteiger partial charge in [0.15, 0.2) is 0 Å². The Kier molecular flexibility index (Phi) is 4.12. The van der Waals surface area contributed by atoms with Crippen molar-refractivity contribution in [2.75, 3.05) is 5.32 Å². The Hall–Kier alpha value is -2.29. The number of benzene rings is 2. The largest absolute Gasteiger partial charge is 0.321 e. The fraction of sp³-hybridized carbons (Fsp3) is 0. The number of nitrogens with one attached hydrogen (secondary N) is 2. The van der Waals surface area contributed by atoms with E-state index < -0.39 is 23.1 Å². The summed E-state index contributed by atoms with van der Waals surface area (Å²) in [6.07, 6.45) is 0. The molecule has 0 bridgehead atoms. The monoisotopic (exact) mass is 426 g/mol. The summed E-state index contributed by atoms with van der Waals surface area (Å²) in [5, 5.41) is 3.42. The number of pyridine rings is 1. The number of hydrogen-bond acceptors (Lipinski definition) is 2. The first-order valence-corrected chi connectivity index (χ1v) is 7.61. The van der Waals surface area contributed by atoms with Crippen LogP contribution in [0.4, 0.5) is 14.5 Å². The Morgan fingerprint density at radius 1 is 1.09 bits per heavy atom. The van der Waals surface area contributed by atoms with Gasteiger partial charge in [0, 0.05) is 11.1 Å². The third kappa shape index (κ3) is 3.09. The number of rotatable bonds is 2. The number of aromatic amines is 1. The molecule has 3 aromatic rings. The zero-order chi connectivity index (χ0) is 16.6. The van der Waals surface area contributed by atoms with Gasteiger partial charge in [-0.25, -0.2) is 8.78 Å². The second-order valence-corrected chi connectivity index (χ2v) is 5.89. The molecule has 0 fully saturated rings. The van der Waals surface area contributed by atoms with E-state index in [4.69, 9.17) is 0 Å². The molecular formula is C16H9F2IN2O2. The van der Waals surface area contributed by atoms with Crippen LogP contribution in [0.3, 0.4) is 0 Å². The van der Waals surface area contributed by atoms with E-state index >= 15 is 0 Å². The minimum absolute atomic E-state index is 0.00747. The van der Waals surface area contributed by atoms with Crippen molar-refractivity contribution in [2.24, 2.45) is 0 Å². The van der Waals surface area contributed by atoms with Gasteiger partial charge < -0.3 is 10.3 Å². The van der Waals surface area contributed by atoms with Crippen LogP contribution in [-0.2, 0) is 0 Å². The minimum Gasteiger partial charge on any atom is -0.321 e. The number of anilines is 1. The van der Waals surface area contributed by atoms with Crippen molar-refractivity contribution in [1.29, 1.82) is 0 Å². The molecule has 3 rings (SSSR count). The molecule has 0 aliphatic rings. The van der Waals surface area contributed by atoms with Crippen molar-refractivity contribution in [1.82, 2.24) is 4.98 Å². The highest BCUT2D eigenvalue weighted by Gasteiger charge is 2.13. The molecule has 1 heterocycles. The molecule has 4 nitrogen and oxygen atoms in total. The first-order valence-electron chi connectivity index (χ1n) is 6.53. The van der Waals surface area contributed by atoms with Crippen molar-refractivity contribution in [2.45, 2.75) is 0 Å². The topological polar surface area (TPSA) is 62.0 Å². The molecule has 1 aromatic heterocycles. The van der Waals surface area contributed by atoms with Crippen molar-refractivity contribution >= 4 is 45.0 Å². The first kappa shape index (κ1) is 15.6. The summed E-state index contributed by atoms with van der Waals surface area (Å²) in [4.78, 5) is 26.6. The van der Waals surface area contributed by atoms with Crippen molar-refractivity contribution < 1.29 is 13.6 Å². The lowest BCUT2D eigenvalue weighted by atomic mass is 10.1. The van der Waals surface area contributed by atoms with Gasteiger partial charge in [-0.3, -0.25) is 9.59 Å². The number of H-pyrrole nitrogens is 1. The molecule has 116 valence electrons. The smallest absolute Gasteiger partial charge is 0.272 e. The molecule has 2 aromatic carbocycles. The van der Waals surface area contributed by atoms with Gasteiger partial charge in [0.1, 0.15) is 17.3 Å². The standard InChI is InChI=1S/C16H9F2IN2O2/c17-11-6-9(7-12(18)14(11)19)20-16(23)13-5-8-3-1-2-4-10(8)15(22)21-13/h1-7H,(H,20,23)(H,21,22). The van der Waals surface area contributed by atoms with Crippen molar-refractivity contribution in [3.8, 4) is 0 Å². The predicted molar refractivity (Wildman–Crippen MR) is 91.6 cm³/mol. The van der Waals surface area contributed by atoms with E-state index in [0.29, 0.717) is 10.8 Å². The van der Waals surface area contributed by atoms with E-state index in [1.165, 1.54) is 28.7 Å². The summed E-state index contributed by atoms with van der Waals surface area (Å²) in [6.45, 7) is 0. The molecule has 0 spiro atoms. The lowest BCUT2D eigenvalue weighted by Gasteiger charge is -2.07. The summed E-state index contributed by atoms with van der Waals surface area (Å²) < 4.78 is 26.9. The molecule has 23 heavy (non-hydrogen) atoms. The van der Waals surface area contributed by atoms with Gasteiger partial charge in [0.25, 0.3) is 11.5 Å². The molecule has 0 aliphatic carbocycles. The zero-order valence-corrected chi connectivity index (χ0v) is 13.6. The van der Waals surface area contributed by atoms with Crippen LogP contribution in [-0.4, -0.2) is 10.9 Å². The normalized spacial score (nSPS) is 10.7.